The minimum atomic E-state index is -0.475. The van der Waals surface area contributed by atoms with Crippen molar-refractivity contribution in [2.75, 3.05) is 23.7 Å². The summed E-state index contributed by atoms with van der Waals surface area (Å²) in [4.78, 5) is 37.8. The van der Waals surface area contributed by atoms with Gasteiger partial charge in [-0.25, -0.2) is 0 Å². The van der Waals surface area contributed by atoms with Crippen LogP contribution in [0.4, 0.5) is 11.4 Å². The van der Waals surface area contributed by atoms with Gasteiger partial charge in [-0.1, -0.05) is 0 Å². The number of hydrogen-bond acceptors (Lipinski definition) is 4. The monoisotopic (exact) mass is 381 g/mol. The predicted octanol–water partition coefficient (Wildman–Crippen LogP) is 3.81. The fourth-order valence-corrected chi connectivity index (χ4v) is 2.76. The number of hydrogen-bond donors (Lipinski definition) is 2. The molecule has 0 aliphatic rings. The Hall–Kier alpha value is -3.15. The van der Waals surface area contributed by atoms with E-state index in [1.807, 2.05) is 13.8 Å². The number of Topliss-reactive ketones (excluding diaryl/α,β-unsaturated/α-hetero) is 1. The quantitative estimate of drug-likeness (QED) is 0.682. The molecule has 1 atom stereocenters. The van der Waals surface area contributed by atoms with Crippen molar-refractivity contribution in [1.82, 2.24) is 4.90 Å². The fourth-order valence-electron chi connectivity index (χ4n) is 2.76. The Labute approximate surface area is 165 Å². The summed E-state index contributed by atoms with van der Waals surface area (Å²) in [6.07, 6.45) is 0. The molecule has 0 aromatic heterocycles. The zero-order valence-electron chi connectivity index (χ0n) is 16.8. The van der Waals surface area contributed by atoms with Crippen LogP contribution < -0.4 is 10.6 Å². The van der Waals surface area contributed by atoms with Crippen molar-refractivity contribution >= 4 is 29.0 Å². The number of benzene rings is 2. The van der Waals surface area contributed by atoms with Gasteiger partial charge in [0.2, 0.25) is 5.91 Å². The normalized spacial score (nSPS) is 11.4. The van der Waals surface area contributed by atoms with Crippen LogP contribution >= 0.6 is 0 Å². The van der Waals surface area contributed by atoms with Crippen LogP contribution in [-0.2, 0) is 4.79 Å². The number of nitrogens with one attached hydrogen (secondary N) is 2. The van der Waals surface area contributed by atoms with E-state index in [1.165, 1.54) is 6.92 Å². The summed E-state index contributed by atoms with van der Waals surface area (Å²) >= 11 is 0. The van der Waals surface area contributed by atoms with Gasteiger partial charge < -0.3 is 15.5 Å². The summed E-state index contributed by atoms with van der Waals surface area (Å²) in [6, 6.07) is 13.4. The van der Waals surface area contributed by atoms with Gasteiger partial charge in [-0.3, -0.25) is 14.4 Å². The van der Waals surface area contributed by atoms with Gasteiger partial charge in [0.15, 0.2) is 5.78 Å². The van der Waals surface area contributed by atoms with E-state index in [0.717, 1.165) is 5.69 Å². The molecule has 0 aliphatic carbocycles. The molecule has 2 aromatic carbocycles. The molecule has 6 nitrogen and oxygen atoms in total. The minimum absolute atomic E-state index is 0.00338. The van der Waals surface area contributed by atoms with E-state index in [-0.39, 0.29) is 17.6 Å². The molecule has 0 fully saturated rings. The lowest BCUT2D eigenvalue weighted by Gasteiger charge is -2.19. The number of carbonyl (C=O) groups excluding carboxylic acids is 3. The molecule has 0 heterocycles. The number of ketones is 1. The zero-order valence-corrected chi connectivity index (χ0v) is 16.8. The van der Waals surface area contributed by atoms with Crippen LogP contribution in [-0.4, -0.2) is 41.6 Å². The first-order valence-corrected chi connectivity index (χ1v) is 9.43. The highest BCUT2D eigenvalue weighted by Gasteiger charge is 2.15. The number of nitrogens with zero attached hydrogens (tertiary/aromatic N) is 1. The second-order valence-electron chi connectivity index (χ2n) is 6.54. The van der Waals surface area contributed by atoms with E-state index >= 15 is 0 Å². The Bertz CT molecular complexity index is 825. The number of carbonyl (C=O) groups is 3. The Morgan fingerprint density at radius 3 is 1.86 bits per heavy atom. The van der Waals surface area contributed by atoms with Crippen LogP contribution in [0.3, 0.4) is 0 Å². The van der Waals surface area contributed by atoms with Crippen LogP contribution in [0.1, 0.15) is 48.4 Å². The third-order valence-corrected chi connectivity index (χ3v) is 4.52. The molecular formula is C22H27N3O3. The molecular weight excluding hydrogens is 354 g/mol. The van der Waals surface area contributed by atoms with Crippen LogP contribution in [0.15, 0.2) is 48.5 Å². The van der Waals surface area contributed by atoms with E-state index in [0.29, 0.717) is 29.9 Å². The van der Waals surface area contributed by atoms with Crippen LogP contribution in [0.2, 0.25) is 0 Å². The Morgan fingerprint density at radius 1 is 0.857 bits per heavy atom. The van der Waals surface area contributed by atoms with Crippen LogP contribution in [0, 0.1) is 0 Å². The summed E-state index contributed by atoms with van der Waals surface area (Å²) in [5.41, 5.74) is 2.61. The zero-order chi connectivity index (χ0) is 20.7. The Morgan fingerprint density at radius 2 is 1.36 bits per heavy atom. The highest BCUT2D eigenvalue weighted by molar-refractivity contribution is 5.98. The standard InChI is InChI=1S/C22H27N3O3/c1-5-25(6-2)22(28)18-9-13-19(14-10-18)23-15(3)21(27)24-20-11-7-17(8-12-20)16(4)26/h7-15,23H,5-6H2,1-4H3,(H,24,27)/t15-/m1/s1. The first-order valence-electron chi connectivity index (χ1n) is 9.43. The topological polar surface area (TPSA) is 78.5 Å². The van der Waals surface area contributed by atoms with Crippen molar-refractivity contribution in [3.63, 3.8) is 0 Å². The van der Waals surface area contributed by atoms with E-state index < -0.39 is 6.04 Å². The third kappa shape index (κ3) is 5.42. The summed E-state index contributed by atoms with van der Waals surface area (Å²) in [5, 5.41) is 5.94. The first kappa shape index (κ1) is 21.2. The second-order valence-corrected chi connectivity index (χ2v) is 6.54. The van der Waals surface area contributed by atoms with Gasteiger partial charge >= 0.3 is 0 Å². The molecule has 2 aromatic rings. The highest BCUT2D eigenvalue weighted by Crippen LogP contribution is 2.14. The van der Waals surface area contributed by atoms with Crippen molar-refractivity contribution in [3.05, 3.63) is 59.7 Å². The van der Waals surface area contributed by atoms with Gasteiger partial charge in [0, 0.05) is 35.6 Å². The van der Waals surface area contributed by atoms with Crippen LogP contribution in [0.5, 0.6) is 0 Å². The molecule has 2 amide bonds. The van der Waals surface area contributed by atoms with Gasteiger partial charge in [-0.2, -0.15) is 0 Å². The van der Waals surface area contributed by atoms with Crippen molar-refractivity contribution in [2.24, 2.45) is 0 Å². The molecule has 0 unspecified atom stereocenters. The summed E-state index contributed by atoms with van der Waals surface area (Å²) in [5.74, 6) is -0.217. The minimum Gasteiger partial charge on any atom is -0.374 e. The van der Waals surface area contributed by atoms with E-state index in [4.69, 9.17) is 0 Å². The molecule has 0 bridgehead atoms. The predicted molar refractivity (Wildman–Crippen MR) is 112 cm³/mol. The first-order chi connectivity index (χ1) is 13.3. The Balaban J connectivity index is 1.96. The average molecular weight is 381 g/mol. The molecule has 2 N–H and O–H groups in total. The van der Waals surface area contributed by atoms with Crippen molar-refractivity contribution in [3.8, 4) is 0 Å². The molecule has 0 saturated carbocycles. The lowest BCUT2D eigenvalue weighted by Crippen LogP contribution is -2.32. The van der Waals surface area contributed by atoms with Crippen molar-refractivity contribution in [1.29, 1.82) is 0 Å². The Kier molecular flexibility index (Phi) is 7.32. The van der Waals surface area contributed by atoms with Crippen molar-refractivity contribution in [2.45, 2.75) is 33.7 Å². The van der Waals surface area contributed by atoms with Gasteiger partial charge in [-0.15, -0.1) is 0 Å². The number of rotatable bonds is 8. The molecule has 0 radical (unpaired) electrons. The lowest BCUT2D eigenvalue weighted by molar-refractivity contribution is -0.116. The summed E-state index contributed by atoms with van der Waals surface area (Å²) in [6.45, 7) is 8.49. The van der Waals surface area contributed by atoms with Crippen molar-refractivity contribution < 1.29 is 14.4 Å². The molecule has 28 heavy (non-hydrogen) atoms. The highest BCUT2D eigenvalue weighted by atomic mass is 16.2. The van der Waals surface area contributed by atoms with Gasteiger partial charge in [0.25, 0.3) is 5.91 Å². The maximum Gasteiger partial charge on any atom is 0.253 e. The third-order valence-electron chi connectivity index (χ3n) is 4.52. The number of anilines is 2. The second kappa shape index (κ2) is 9.69. The van der Waals surface area contributed by atoms with E-state index in [1.54, 1.807) is 60.4 Å². The van der Waals surface area contributed by atoms with E-state index in [9.17, 15) is 14.4 Å². The molecule has 0 spiro atoms. The van der Waals surface area contributed by atoms with Gasteiger partial charge in [0.1, 0.15) is 6.04 Å². The number of amides is 2. The molecule has 6 heteroatoms. The largest absolute Gasteiger partial charge is 0.374 e. The SMILES string of the molecule is CCN(CC)C(=O)c1ccc(N[C@H](C)C(=O)Nc2ccc(C(C)=O)cc2)cc1. The molecule has 2 rings (SSSR count). The molecule has 0 aliphatic heterocycles. The summed E-state index contributed by atoms with van der Waals surface area (Å²) in [7, 11) is 0. The average Bonchev–Trinajstić information content (AvgIpc) is 2.69. The molecule has 0 saturated heterocycles. The maximum atomic E-state index is 12.4. The fraction of sp³-hybridized carbons (Fsp3) is 0.318. The van der Waals surface area contributed by atoms with E-state index in [2.05, 4.69) is 10.6 Å². The van der Waals surface area contributed by atoms with Crippen LogP contribution in [0.25, 0.3) is 0 Å². The smallest absolute Gasteiger partial charge is 0.253 e. The lowest BCUT2D eigenvalue weighted by atomic mass is 10.1. The van der Waals surface area contributed by atoms with Gasteiger partial charge in [0.05, 0.1) is 0 Å². The maximum absolute atomic E-state index is 12.4. The molecule has 148 valence electrons. The summed E-state index contributed by atoms with van der Waals surface area (Å²) < 4.78 is 0. The van der Waals surface area contributed by atoms with Gasteiger partial charge in [-0.05, 0) is 76.2 Å².